The van der Waals surface area contributed by atoms with Gasteiger partial charge in [0.25, 0.3) is 5.91 Å². The molecule has 0 saturated heterocycles. The Balaban J connectivity index is 1.74. The van der Waals surface area contributed by atoms with Crippen molar-refractivity contribution in [1.82, 2.24) is 4.90 Å². The molecule has 1 aliphatic carbocycles. The summed E-state index contributed by atoms with van der Waals surface area (Å²) in [5.74, 6) is 2.17. The van der Waals surface area contributed by atoms with E-state index < -0.39 is 0 Å². The SMILES string of the molecule is CC(C1CC1)N(C)C(=O)c1cccc(Oc2ccccc2)c1. The third-order valence-corrected chi connectivity index (χ3v) is 4.30. The molecule has 0 spiro atoms. The molecule has 1 saturated carbocycles. The predicted octanol–water partition coefficient (Wildman–Crippen LogP) is 4.35. The largest absolute Gasteiger partial charge is 0.457 e. The summed E-state index contributed by atoms with van der Waals surface area (Å²) in [7, 11) is 1.88. The van der Waals surface area contributed by atoms with Crippen LogP contribution in [0, 0.1) is 5.92 Å². The van der Waals surface area contributed by atoms with Crippen LogP contribution in [-0.4, -0.2) is 23.9 Å². The Morgan fingerprint density at radius 1 is 1.09 bits per heavy atom. The molecule has 1 unspecified atom stereocenters. The van der Waals surface area contributed by atoms with Gasteiger partial charge in [-0.2, -0.15) is 0 Å². The van der Waals surface area contributed by atoms with E-state index in [9.17, 15) is 4.79 Å². The summed E-state index contributed by atoms with van der Waals surface area (Å²) in [5.41, 5.74) is 0.670. The summed E-state index contributed by atoms with van der Waals surface area (Å²) in [6.07, 6.45) is 2.46. The van der Waals surface area contributed by atoms with Gasteiger partial charge in [-0.25, -0.2) is 0 Å². The Kier molecular flexibility index (Phi) is 4.14. The fourth-order valence-corrected chi connectivity index (χ4v) is 2.60. The molecule has 1 amide bonds. The van der Waals surface area contributed by atoms with Crippen LogP contribution in [0.15, 0.2) is 54.6 Å². The van der Waals surface area contributed by atoms with Crippen molar-refractivity contribution in [2.45, 2.75) is 25.8 Å². The smallest absolute Gasteiger partial charge is 0.253 e. The maximum absolute atomic E-state index is 12.6. The molecule has 0 aliphatic heterocycles. The summed E-state index contributed by atoms with van der Waals surface area (Å²) < 4.78 is 5.80. The summed E-state index contributed by atoms with van der Waals surface area (Å²) in [6, 6.07) is 17.3. The van der Waals surface area contributed by atoms with Crippen LogP contribution in [0.1, 0.15) is 30.1 Å². The van der Waals surface area contributed by atoms with Crippen LogP contribution >= 0.6 is 0 Å². The number of hydrogen-bond acceptors (Lipinski definition) is 2. The normalized spacial score (nSPS) is 15.2. The monoisotopic (exact) mass is 295 g/mol. The number of nitrogens with zero attached hydrogens (tertiary/aromatic N) is 1. The maximum Gasteiger partial charge on any atom is 0.253 e. The molecule has 3 rings (SSSR count). The van der Waals surface area contributed by atoms with Gasteiger partial charge in [0.2, 0.25) is 0 Å². The summed E-state index contributed by atoms with van der Waals surface area (Å²) in [4.78, 5) is 14.4. The molecule has 0 N–H and O–H groups in total. The third-order valence-electron chi connectivity index (χ3n) is 4.30. The topological polar surface area (TPSA) is 29.5 Å². The van der Waals surface area contributed by atoms with Crippen LogP contribution in [0.5, 0.6) is 11.5 Å². The van der Waals surface area contributed by atoms with E-state index in [1.165, 1.54) is 12.8 Å². The van der Waals surface area contributed by atoms with Gasteiger partial charge in [-0.05, 0) is 56.0 Å². The van der Waals surface area contributed by atoms with Crippen LogP contribution < -0.4 is 4.74 Å². The van der Waals surface area contributed by atoms with E-state index in [0.29, 0.717) is 23.3 Å². The van der Waals surface area contributed by atoms with Crippen molar-refractivity contribution in [2.75, 3.05) is 7.05 Å². The zero-order valence-corrected chi connectivity index (χ0v) is 13.0. The molecule has 114 valence electrons. The lowest BCUT2D eigenvalue weighted by Gasteiger charge is -2.25. The van der Waals surface area contributed by atoms with Crippen molar-refractivity contribution in [3.8, 4) is 11.5 Å². The molecule has 3 nitrogen and oxygen atoms in total. The van der Waals surface area contributed by atoms with Gasteiger partial charge in [-0.3, -0.25) is 4.79 Å². The minimum atomic E-state index is 0.0536. The van der Waals surface area contributed by atoms with Crippen LogP contribution in [0.4, 0.5) is 0 Å². The van der Waals surface area contributed by atoms with E-state index in [0.717, 1.165) is 5.75 Å². The van der Waals surface area contributed by atoms with Gasteiger partial charge in [0.15, 0.2) is 0 Å². The van der Waals surface area contributed by atoms with Gasteiger partial charge in [0, 0.05) is 18.7 Å². The lowest BCUT2D eigenvalue weighted by Crippen LogP contribution is -2.36. The van der Waals surface area contributed by atoms with Gasteiger partial charge in [0.1, 0.15) is 11.5 Å². The third kappa shape index (κ3) is 3.30. The van der Waals surface area contributed by atoms with Gasteiger partial charge in [-0.1, -0.05) is 24.3 Å². The van der Waals surface area contributed by atoms with E-state index in [1.807, 2.05) is 66.5 Å². The molecular weight excluding hydrogens is 274 g/mol. The Hall–Kier alpha value is -2.29. The second-order valence-electron chi connectivity index (χ2n) is 5.94. The van der Waals surface area contributed by atoms with E-state index in [2.05, 4.69) is 6.92 Å². The molecule has 0 radical (unpaired) electrons. The van der Waals surface area contributed by atoms with Gasteiger partial charge in [0.05, 0.1) is 0 Å². The molecule has 3 heteroatoms. The maximum atomic E-state index is 12.6. The summed E-state index contributed by atoms with van der Waals surface area (Å²) in [5, 5.41) is 0. The highest BCUT2D eigenvalue weighted by Crippen LogP contribution is 2.35. The quantitative estimate of drug-likeness (QED) is 0.820. The molecule has 1 atom stereocenters. The Morgan fingerprint density at radius 2 is 1.77 bits per heavy atom. The second kappa shape index (κ2) is 6.22. The predicted molar refractivity (Wildman–Crippen MR) is 87.2 cm³/mol. The highest BCUT2D eigenvalue weighted by atomic mass is 16.5. The first-order valence-electron chi connectivity index (χ1n) is 7.75. The molecule has 2 aromatic carbocycles. The molecule has 0 heterocycles. The first kappa shape index (κ1) is 14.6. The standard InChI is InChI=1S/C19H21NO2/c1-14(15-11-12-15)20(2)19(21)16-7-6-10-18(13-16)22-17-8-4-3-5-9-17/h3-10,13-15H,11-12H2,1-2H3. The Morgan fingerprint density at radius 3 is 2.45 bits per heavy atom. The van der Waals surface area contributed by atoms with Crippen LogP contribution in [0.25, 0.3) is 0 Å². The summed E-state index contributed by atoms with van der Waals surface area (Å²) in [6.45, 7) is 2.12. The van der Waals surface area contributed by atoms with Gasteiger partial charge in [-0.15, -0.1) is 0 Å². The van der Waals surface area contributed by atoms with Crippen molar-refractivity contribution in [3.63, 3.8) is 0 Å². The average molecular weight is 295 g/mol. The van der Waals surface area contributed by atoms with Crippen molar-refractivity contribution in [1.29, 1.82) is 0 Å². The number of amides is 1. The number of carbonyl (C=O) groups excluding carboxylic acids is 1. The Labute approximate surface area is 131 Å². The van der Waals surface area contributed by atoms with Crippen molar-refractivity contribution < 1.29 is 9.53 Å². The number of rotatable bonds is 5. The highest BCUT2D eigenvalue weighted by Gasteiger charge is 2.32. The molecule has 22 heavy (non-hydrogen) atoms. The van der Waals surface area contributed by atoms with E-state index in [-0.39, 0.29) is 5.91 Å². The lowest BCUT2D eigenvalue weighted by molar-refractivity contribution is 0.0727. The highest BCUT2D eigenvalue weighted by molar-refractivity contribution is 5.94. The second-order valence-corrected chi connectivity index (χ2v) is 5.94. The number of para-hydroxylation sites is 1. The van der Waals surface area contributed by atoms with Gasteiger partial charge >= 0.3 is 0 Å². The first-order chi connectivity index (χ1) is 10.6. The minimum Gasteiger partial charge on any atom is -0.457 e. The molecule has 0 bridgehead atoms. The minimum absolute atomic E-state index is 0.0536. The fourth-order valence-electron chi connectivity index (χ4n) is 2.60. The number of carbonyl (C=O) groups is 1. The van der Waals surface area contributed by atoms with Crippen molar-refractivity contribution in [3.05, 3.63) is 60.2 Å². The van der Waals surface area contributed by atoms with Crippen LogP contribution in [-0.2, 0) is 0 Å². The van der Waals surface area contributed by atoms with E-state index in [1.54, 1.807) is 0 Å². The van der Waals surface area contributed by atoms with Crippen LogP contribution in [0.3, 0.4) is 0 Å². The molecule has 1 aliphatic rings. The first-order valence-corrected chi connectivity index (χ1v) is 7.75. The Bertz CT molecular complexity index is 649. The number of benzene rings is 2. The van der Waals surface area contributed by atoms with E-state index in [4.69, 9.17) is 4.74 Å². The molecule has 0 aromatic heterocycles. The lowest BCUT2D eigenvalue weighted by atomic mass is 10.1. The summed E-state index contributed by atoms with van der Waals surface area (Å²) >= 11 is 0. The number of hydrogen-bond donors (Lipinski definition) is 0. The zero-order valence-electron chi connectivity index (χ0n) is 13.0. The molecule has 1 fully saturated rings. The average Bonchev–Trinajstić information content (AvgIpc) is 3.39. The van der Waals surface area contributed by atoms with Crippen molar-refractivity contribution >= 4 is 5.91 Å². The van der Waals surface area contributed by atoms with E-state index >= 15 is 0 Å². The zero-order chi connectivity index (χ0) is 15.5. The molecular formula is C19H21NO2. The molecule has 2 aromatic rings. The fraction of sp³-hybridized carbons (Fsp3) is 0.316. The van der Waals surface area contributed by atoms with Crippen LogP contribution in [0.2, 0.25) is 0 Å². The number of ether oxygens (including phenoxy) is 1. The van der Waals surface area contributed by atoms with Gasteiger partial charge < -0.3 is 9.64 Å². The van der Waals surface area contributed by atoms with Crippen molar-refractivity contribution in [2.24, 2.45) is 5.92 Å².